The van der Waals surface area contributed by atoms with E-state index < -0.39 is 12.2 Å². The zero-order valence-electron chi connectivity index (χ0n) is 15.4. The maximum absolute atomic E-state index is 13.5. The van der Waals surface area contributed by atoms with E-state index >= 15 is 0 Å². The molecular weight excluding hydrogens is 357 g/mol. The van der Waals surface area contributed by atoms with E-state index in [9.17, 15) is 18.0 Å². The SMILES string of the molecule is C[C@@H]1C[C@H](C(F)(F)F)n2nc(C3CCCN3C(=O)C3CC=CCC3)cc2N1. The average molecular weight is 382 g/mol. The van der Waals surface area contributed by atoms with Gasteiger partial charge in [0.25, 0.3) is 0 Å². The lowest BCUT2D eigenvalue weighted by Gasteiger charge is -2.31. The lowest BCUT2D eigenvalue weighted by Crippen LogP contribution is -2.38. The first kappa shape index (κ1) is 18.4. The Morgan fingerprint density at radius 2 is 2.11 bits per heavy atom. The third kappa shape index (κ3) is 3.46. The van der Waals surface area contributed by atoms with Gasteiger partial charge < -0.3 is 10.2 Å². The van der Waals surface area contributed by atoms with Gasteiger partial charge >= 0.3 is 6.18 Å². The van der Waals surface area contributed by atoms with E-state index in [-0.39, 0.29) is 30.3 Å². The molecule has 1 N–H and O–H groups in total. The summed E-state index contributed by atoms with van der Waals surface area (Å²) >= 11 is 0. The number of nitrogens with one attached hydrogen (secondary N) is 1. The van der Waals surface area contributed by atoms with E-state index in [2.05, 4.69) is 16.5 Å². The van der Waals surface area contributed by atoms with Crippen LogP contribution in [0.15, 0.2) is 18.2 Å². The summed E-state index contributed by atoms with van der Waals surface area (Å²) < 4.78 is 41.5. The van der Waals surface area contributed by atoms with Crippen molar-refractivity contribution in [1.82, 2.24) is 14.7 Å². The number of fused-ring (bicyclic) bond motifs is 1. The molecule has 3 heterocycles. The van der Waals surface area contributed by atoms with E-state index in [0.717, 1.165) is 36.8 Å². The Morgan fingerprint density at radius 3 is 2.81 bits per heavy atom. The van der Waals surface area contributed by atoms with Crippen LogP contribution in [0.25, 0.3) is 0 Å². The Balaban J connectivity index is 1.60. The van der Waals surface area contributed by atoms with Crippen LogP contribution < -0.4 is 5.32 Å². The van der Waals surface area contributed by atoms with Crippen molar-refractivity contribution in [3.63, 3.8) is 0 Å². The highest BCUT2D eigenvalue weighted by molar-refractivity contribution is 5.80. The molecule has 2 aliphatic heterocycles. The van der Waals surface area contributed by atoms with Crippen molar-refractivity contribution in [2.45, 2.75) is 69.8 Å². The molecule has 0 aromatic carbocycles. The molecule has 8 heteroatoms. The first-order chi connectivity index (χ1) is 12.8. The molecule has 5 nitrogen and oxygen atoms in total. The van der Waals surface area contributed by atoms with Crippen molar-refractivity contribution < 1.29 is 18.0 Å². The van der Waals surface area contributed by atoms with Gasteiger partial charge in [0.05, 0.1) is 11.7 Å². The fourth-order valence-corrected chi connectivity index (χ4v) is 4.53. The van der Waals surface area contributed by atoms with E-state index in [1.54, 1.807) is 13.0 Å². The molecule has 4 rings (SSSR count). The molecule has 4 atom stereocenters. The predicted molar refractivity (Wildman–Crippen MR) is 95.2 cm³/mol. The minimum Gasteiger partial charge on any atom is -0.368 e. The third-order valence-corrected chi connectivity index (χ3v) is 5.89. The van der Waals surface area contributed by atoms with Crippen molar-refractivity contribution in [1.29, 1.82) is 0 Å². The highest BCUT2D eigenvalue weighted by Gasteiger charge is 2.46. The highest BCUT2D eigenvalue weighted by atomic mass is 19.4. The summed E-state index contributed by atoms with van der Waals surface area (Å²) in [6.45, 7) is 2.40. The number of aromatic nitrogens is 2. The largest absolute Gasteiger partial charge is 0.410 e. The number of amides is 1. The first-order valence-corrected chi connectivity index (χ1v) is 9.72. The summed E-state index contributed by atoms with van der Waals surface area (Å²) in [7, 11) is 0. The highest BCUT2D eigenvalue weighted by Crippen LogP contribution is 2.42. The fraction of sp³-hybridized carbons (Fsp3) is 0.684. The Labute approximate surface area is 156 Å². The number of hydrogen-bond donors (Lipinski definition) is 1. The summed E-state index contributed by atoms with van der Waals surface area (Å²) in [5.74, 6) is 0.487. The van der Waals surface area contributed by atoms with Gasteiger partial charge in [-0.1, -0.05) is 12.2 Å². The summed E-state index contributed by atoms with van der Waals surface area (Å²) in [5.41, 5.74) is 0.568. The lowest BCUT2D eigenvalue weighted by molar-refractivity contribution is -0.173. The molecule has 27 heavy (non-hydrogen) atoms. The van der Waals surface area contributed by atoms with Crippen LogP contribution in [0.5, 0.6) is 0 Å². The number of nitrogens with zero attached hydrogens (tertiary/aromatic N) is 3. The summed E-state index contributed by atoms with van der Waals surface area (Å²) in [4.78, 5) is 14.8. The molecule has 0 spiro atoms. The molecule has 0 bridgehead atoms. The maximum Gasteiger partial charge on any atom is 0.410 e. The number of halogens is 3. The molecule has 1 aromatic rings. The Hall–Kier alpha value is -1.99. The van der Waals surface area contributed by atoms with Crippen LogP contribution >= 0.6 is 0 Å². The van der Waals surface area contributed by atoms with E-state index in [4.69, 9.17) is 0 Å². The zero-order chi connectivity index (χ0) is 19.2. The number of carbonyl (C=O) groups excluding carboxylic acids is 1. The maximum atomic E-state index is 13.5. The van der Waals surface area contributed by atoms with E-state index in [1.165, 1.54) is 0 Å². The molecule has 3 aliphatic rings. The number of anilines is 1. The van der Waals surface area contributed by atoms with Crippen molar-refractivity contribution in [2.24, 2.45) is 5.92 Å². The van der Waals surface area contributed by atoms with Gasteiger partial charge in [-0.15, -0.1) is 0 Å². The first-order valence-electron chi connectivity index (χ1n) is 9.72. The van der Waals surface area contributed by atoms with Crippen molar-refractivity contribution in [2.75, 3.05) is 11.9 Å². The van der Waals surface area contributed by atoms with Gasteiger partial charge in [0.2, 0.25) is 5.91 Å². The smallest absolute Gasteiger partial charge is 0.368 e. The van der Waals surface area contributed by atoms with E-state index in [0.29, 0.717) is 18.1 Å². The summed E-state index contributed by atoms with van der Waals surface area (Å²) in [6.07, 6.45) is 3.86. The number of carbonyl (C=O) groups is 1. The molecule has 1 aromatic heterocycles. The second-order valence-electron chi connectivity index (χ2n) is 7.91. The van der Waals surface area contributed by atoms with Gasteiger partial charge in [0, 0.05) is 24.6 Å². The number of alkyl halides is 3. The quantitative estimate of drug-likeness (QED) is 0.780. The van der Waals surface area contributed by atoms with Crippen LogP contribution in [0.2, 0.25) is 0 Å². The van der Waals surface area contributed by atoms with Gasteiger partial charge in [-0.2, -0.15) is 18.3 Å². The second-order valence-corrected chi connectivity index (χ2v) is 7.91. The predicted octanol–water partition coefficient (Wildman–Crippen LogP) is 4.21. The van der Waals surface area contributed by atoms with Gasteiger partial charge in [-0.3, -0.25) is 4.79 Å². The molecule has 0 radical (unpaired) electrons. The molecule has 0 saturated carbocycles. The Morgan fingerprint density at radius 1 is 1.30 bits per heavy atom. The van der Waals surface area contributed by atoms with Crippen LogP contribution in [-0.4, -0.2) is 39.4 Å². The second kappa shape index (κ2) is 6.87. The van der Waals surface area contributed by atoms with E-state index in [1.807, 2.05) is 11.0 Å². The average Bonchev–Trinajstić information content (AvgIpc) is 3.26. The summed E-state index contributed by atoms with van der Waals surface area (Å²) in [5, 5.41) is 7.42. The zero-order valence-corrected chi connectivity index (χ0v) is 15.4. The molecule has 1 amide bonds. The summed E-state index contributed by atoms with van der Waals surface area (Å²) in [6, 6.07) is -0.422. The minimum absolute atomic E-state index is 0.0195. The monoisotopic (exact) mass is 382 g/mol. The van der Waals surface area contributed by atoms with Crippen molar-refractivity contribution in [3.05, 3.63) is 23.9 Å². The van der Waals surface area contributed by atoms with Gasteiger partial charge in [-0.05, 0) is 45.4 Å². The van der Waals surface area contributed by atoms with Gasteiger partial charge in [0.15, 0.2) is 6.04 Å². The number of rotatable bonds is 2. The Kier molecular flexibility index (Phi) is 4.68. The van der Waals surface area contributed by atoms with Crippen molar-refractivity contribution >= 4 is 11.7 Å². The molecule has 1 aliphatic carbocycles. The van der Waals surface area contributed by atoms with Gasteiger partial charge in [-0.25, -0.2) is 4.68 Å². The third-order valence-electron chi connectivity index (χ3n) is 5.89. The van der Waals surface area contributed by atoms with Gasteiger partial charge in [0.1, 0.15) is 5.82 Å². The van der Waals surface area contributed by atoms with Crippen LogP contribution in [0.1, 0.15) is 63.2 Å². The molecule has 2 unspecified atom stereocenters. The van der Waals surface area contributed by atoms with Crippen molar-refractivity contribution in [3.8, 4) is 0 Å². The number of likely N-dealkylation sites (tertiary alicyclic amines) is 1. The molecular formula is C19H25F3N4O. The Bertz CT molecular complexity index is 742. The minimum atomic E-state index is -4.34. The number of allylic oxidation sites excluding steroid dienone is 2. The standard InChI is InChI=1S/C19H25F3N4O/c1-12-10-16(19(20,21)22)26-17(23-12)11-14(24-26)15-8-5-9-25(15)18(27)13-6-3-2-4-7-13/h2-3,11-13,15-16,23H,4-10H2,1H3/t12-,13?,15?,16-/m1/s1. The van der Waals surface area contributed by atoms with Crippen LogP contribution in [0, 0.1) is 5.92 Å². The van der Waals surface area contributed by atoms with Crippen LogP contribution in [0.3, 0.4) is 0 Å². The van der Waals surface area contributed by atoms with Crippen LogP contribution in [-0.2, 0) is 4.79 Å². The molecule has 148 valence electrons. The molecule has 1 fully saturated rings. The normalized spacial score (nSPS) is 30.9. The van der Waals surface area contributed by atoms with Crippen LogP contribution in [0.4, 0.5) is 19.0 Å². The topological polar surface area (TPSA) is 50.2 Å². The number of hydrogen-bond acceptors (Lipinski definition) is 3. The lowest BCUT2D eigenvalue weighted by atomic mass is 9.92. The fourth-order valence-electron chi connectivity index (χ4n) is 4.53. The molecule has 1 saturated heterocycles.